The van der Waals surface area contributed by atoms with E-state index in [0.29, 0.717) is 0 Å². The second kappa shape index (κ2) is 6.53. The smallest absolute Gasteiger partial charge is 0.0218 e. The van der Waals surface area contributed by atoms with Crippen molar-refractivity contribution in [2.45, 2.75) is 25.3 Å². The molecule has 0 amide bonds. The molecule has 1 saturated heterocycles. The SMILES string of the molecule is CN(CCc1ccc(Br)cc1)C1CCCNC1. The number of nitrogens with zero attached hydrogens (tertiary/aromatic N) is 1. The lowest BCUT2D eigenvalue weighted by Crippen LogP contribution is -2.44. The number of halogens is 1. The van der Waals surface area contributed by atoms with E-state index in [1.807, 2.05) is 0 Å². The fourth-order valence-corrected chi connectivity index (χ4v) is 2.61. The van der Waals surface area contributed by atoms with Gasteiger partial charge in [0, 0.05) is 23.6 Å². The predicted octanol–water partition coefficient (Wildman–Crippen LogP) is 2.68. The zero-order chi connectivity index (χ0) is 12.1. The Morgan fingerprint density at radius 3 is 2.76 bits per heavy atom. The van der Waals surface area contributed by atoms with E-state index in [1.165, 1.54) is 24.9 Å². The number of nitrogens with one attached hydrogen (secondary N) is 1. The third-order valence-electron chi connectivity index (χ3n) is 3.56. The Hall–Kier alpha value is -0.380. The molecule has 1 aromatic rings. The van der Waals surface area contributed by atoms with E-state index in [1.54, 1.807) is 0 Å². The van der Waals surface area contributed by atoms with Gasteiger partial charge in [-0.05, 0) is 50.6 Å². The molecule has 17 heavy (non-hydrogen) atoms. The molecule has 2 nitrogen and oxygen atoms in total. The van der Waals surface area contributed by atoms with Crippen LogP contribution in [-0.4, -0.2) is 37.6 Å². The van der Waals surface area contributed by atoms with Gasteiger partial charge in [0.05, 0.1) is 0 Å². The summed E-state index contributed by atoms with van der Waals surface area (Å²) >= 11 is 3.47. The van der Waals surface area contributed by atoms with Crippen LogP contribution in [0.1, 0.15) is 18.4 Å². The van der Waals surface area contributed by atoms with Crippen molar-refractivity contribution in [3.63, 3.8) is 0 Å². The number of piperidine rings is 1. The number of benzene rings is 1. The molecule has 1 aliphatic heterocycles. The van der Waals surface area contributed by atoms with Gasteiger partial charge in [-0.1, -0.05) is 28.1 Å². The number of hydrogen-bond acceptors (Lipinski definition) is 2. The van der Waals surface area contributed by atoms with Crippen LogP contribution in [0.15, 0.2) is 28.7 Å². The molecule has 1 atom stereocenters. The fourth-order valence-electron chi connectivity index (χ4n) is 2.35. The summed E-state index contributed by atoms with van der Waals surface area (Å²) in [7, 11) is 2.25. The van der Waals surface area contributed by atoms with E-state index in [-0.39, 0.29) is 0 Å². The monoisotopic (exact) mass is 296 g/mol. The van der Waals surface area contributed by atoms with E-state index in [0.717, 1.165) is 30.0 Å². The standard InChI is InChI=1S/C14H21BrN2/c1-17(14-3-2-9-16-11-14)10-8-12-4-6-13(15)7-5-12/h4-7,14,16H,2-3,8-11H2,1H3. The molecule has 3 heteroatoms. The Morgan fingerprint density at radius 2 is 2.12 bits per heavy atom. The molecule has 0 radical (unpaired) electrons. The normalized spacial score (nSPS) is 20.8. The summed E-state index contributed by atoms with van der Waals surface area (Å²) in [6.07, 6.45) is 3.79. The van der Waals surface area contributed by atoms with Crippen molar-refractivity contribution >= 4 is 15.9 Å². The van der Waals surface area contributed by atoms with Gasteiger partial charge < -0.3 is 10.2 Å². The molecular formula is C14H21BrN2. The Balaban J connectivity index is 1.78. The van der Waals surface area contributed by atoms with E-state index >= 15 is 0 Å². The molecule has 94 valence electrons. The van der Waals surface area contributed by atoms with Gasteiger partial charge in [0.15, 0.2) is 0 Å². The van der Waals surface area contributed by atoms with Crippen molar-refractivity contribution in [1.29, 1.82) is 0 Å². The van der Waals surface area contributed by atoms with E-state index in [9.17, 15) is 0 Å². The zero-order valence-electron chi connectivity index (χ0n) is 10.5. The highest BCUT2D eigenvalue weighted by molar-refractivity contribution is 9.10. The first-order chi connectivity index (χ1) is 8.25. The van der Waals surface area contributed by atoms with E-state index < -0.39 is 0 Å². The molecule has 2 rings (SSSR count). The van der Waals surface area contributed by atoms with Crippen LogP contribution in [0.5, 0.6) is 0 Å². The Kier molecular flexibility index (Phi) is 5.01. The minimum Gasteiger partial charge on any atom is -0.315 e. The number of hydrogen-bond donors (Lipinski definition) is 1. The second-order valence-corrected chi connectivity index (χ2v) is 5.77. The van der Waals surface area contributed by atoms with Crippen molar-refractivity contribution in [2.24, 2.45) is 0 Å². The number of likely N-dealkylation sites (N-methyl/N-ethyl adjacent to an activating group) is 1. The minimum absolute atomic E-state index is 0.721. The minimum atomic E-state index is 0.721. The summed E-state index contributed by atoms with van der Waals surface area (Å²) < 4.78 is 1.16. The third-order valence-corrected chi connectivity index (χ3v) is 4.09. The fraction of sp³-hybridized carbons (Fsp3) is 0.571. The van der Waals surface area contributed by atoms with Crippen LogP contribution in [0, 0.1) is 0 Å². The molecule has 1 fully saturated rings. The van der Waals surface area contributed by atoms with Gasteiger partial charge in [-0.25, -0.2) is 0 Å². The first-order valence-electron chi connectivity index (χ1n) is 6.41. The molecule has 0 bridgehead atoms. The summed E-state index contributed by atoms with van der Waals surface area (Å²) in [5.74, 6) is 0. The van der Waals surface area contributed by atoms with Crippen LogP contribution in [0.2, 0.25) is 0 Å². The zero-order valence-corrected chi connectivity index (χ0v) is 12.0. The molecule has 0 aromatic heterocycles. The highest BCUT2D eigenvalue weighted by Gasteiger charge is 2.16. The van der Waals surface area contributed by atoms with E-state index in [4.69, 9.17) is 0 Å². The maximum Gasteiger partial charge on any atom is 0.0218 e. The van der Waals surface area contributed by atoms with Crippen molar-refractivity contribution in [2.75, 3.05) is 26.7 Å². The Labute approximate surface area is 113 Å². The molecule has 0 aliphatic carbocycles. The van der Waals surface area contributed by atoms with Crippen molar-refractivity contribution < 1.29 is 0 Å². The van der Waals surface area contributed by atoms with Crippen molar-refractivity contribution in [3.05, 3.63) is 34.3 Å². The molecule has 0 saturated carbocycles. The van der Waals surface area contributed by atoms with Gasteiger partial charge in [0.1, 0.15) is 0 Å². The summed E-state index contributed by atoms with van der Waals surface area (Å²) in [6.45, 7) is 3.49. The Bertz CT molecular complexity index is 331. The van der Waals surface area contributed by atoms with Crippen LogP contribution in [0.25, 0.3) is 0 Å². The van der Waals surface area contributed by atoms with Gasteiger partial charge in [-0.3, -0.25) is 0 Å². The molecule has 0 spiro atoms. The first-order valence-corrected chi connectivity index (χ1v) is 7.20. The summed E-state index contributed by atoms with van der Waals surface area (Å²) in [6, 6.07) is 9.38. The van der Waals surface area contributed by atoms with Crippen LogP contribution >= 0.6 is 15.9 Å². The topological polar surface area (TPSA) is 15.3 Å². The lowest BCUT2D eigenvalue weighted by atomic mass is 10.1. The van der Waals surface area contributed by atoms with Crippen LogP contribution in [0.3, 0.4) is 0 Å². The quantitative estimate of drug-likeness (QED) is 0.919. The molecule has 1 heterocycles. The van der Waals surface area contributed by atoms with Gasteiger partial charge in [0.2, 0.25) is 0 Å². The highest BCUT2D eigenvalue weighted by atomic mass is 79.9. The van der Waals surface area contributed by atoms with Crippen LogP contribution in [0.4, 0.5) is 0 Å². The van der Waals surface area contributed by atoms with Crippen LogP contribution in [-0.2, 0) is 6.42 Å². The third kappa shape index (κ3) is 4.09. The predicted molar refractivity (Wildman–Crippen MR) is 76.4 cm³/mol. The van der Waals surface area contributed by atoms with Gasteiger partial charge >= 0.3 is 0 Å². The Morgan fingerprint density at radius 1 is 1.35 bits per heavy atom. The molecule has 1 unspecified atom stereocenters. The van der Waals surface area contributed by atoms with Gasteiger partial charge in [-0.2, -0.15) is 0 Å². The van der Waals surface area contributed by atoms with Crippen molar-refractivity contribution in [1.82, 2.24) is 10.2 Å². The van der Waals surface area contributed by atoms with Gasteiger partial charge in [-0.15, -0.1) is 0 Å². The molecule has 1 aromatic carbocycles. The van der Waals surface area contributed by atoms with Crippen LogP contribution < -0.4 is 5.32 Å². The lowest BCUT2D eigenvalue weighted by molar-refractivity contribution is 0.205. The molecule has 1 N–H and O–H groups in total. The van der Waals surface area contributed by atoms with E-state index in [2.05, 4.69) is 57.5 Å². The lowest BCUT2D eigenvalue weighted by Gasteiger charge is -2.31. The maximum absolute atomic E-state index is 3.47. The highest BCUT2D eigenvalue weighted by Crippen LogP contribution is 2.13. The average molecular weight is 297 g/mol. The van der Waals surface area contributed by atoms with Gasteiger partial charge in [0.25, 0.3) is 0 Å². The molecular weight excluding hydrogens is 276 g/mol. The maximum atomic E-state index is 3.47. The number of rotatable bonds is 4. The molecule has 1 aliphatic rings. The largest absolute Gasteiger partial charge is 0.315 e. The summed E-state index contributed by atoms with van der Waals surface area (Å²) in [5.41, 5.74) is 1.42. The van der Waals surface area contributed by atoms with Crippen molar-refractivity contribution in [3.8, 4) is 0 Å². The summed E-state index contributed by atoms with van der Waals surface area (Å²) in [5, 5.41) is 3.47. The second-order valence-electron chi connectivity index (χ2n) is 4.86. The first kappa shape index (κ1) is 13.1. The summed E-state index contributed by atoms with van der Waals surface area (Å²) in [4.78, 5) is 2.49. The average Bonchev–Trinajstić information content (AvgIpc) is 2.39.